The van der Waals surface area contributed by atoms with Crippen LogP contribution in [0.25, 0.3) is 0 Å². The summed E-state index contributed by atoms with van der Waals surface area (Å²) in [5, 5.41) is 16.3. The summed E-state index contributed by atoms with van der Waals surface area (Å²) in [6.45, 7) is 10.7. The van der Waals surface area contributed by atoms with E-state index in [1.165, 1.54) is 11.0 Å². The van der Waals surface area contributed by atoms with E-state index in [0.29, 0.717) is 17.9 Å². The Bertz CT molecular complexity index is 1080. The maximum Gasteiger partial charge on any atom is 0.408 e. The summed E-state index contributed by atoms with van der Waals surface area (Å²) in [5.74, 6) is -0.414. The van der Waals surface area contributed by atoms with Gasteiger partial charge in [0.1, 0.15) is 23.4 Å². The number of hydrogen-bond donors (Lipinski definition) is 3. The first kappa shape index (κ1) is 30.0. The van der Waals surface area contributed by atoms with Gasteiger partial charge in [0.25, 0.3) is 5.91 Å². The van der Waals surface area contributed by atoms with Gasteiger partial charge in [0, 0.05) is 17.3 Å². The minimum atomic E-state index is -1.15. The number of ether oxygens (including phenoxy) is 1. The number of nitrogens with zero attached hydrogens (tertiary/aromatic N) is 1. The van der Waals surface area contributed by atoms with Crippen molar-refractivity contribution in [3.8, 4) is 5.75 Å². The van der Waals surface area contributed by atoms with Crippen molar-refractivity contribution in [1.29, 1.82) is 0 Å². The zero-order chi connectivity index (χ0) is 27.8. The number of benzene rings is 2. The SMILES string of the molecule is CSCCC(NC(=O)OC(C)(C)C)C(=O)N(C(C)C)C(C(=O)Nc1ccccc1C)c1ccccc1O. The molecule has 3 amide bonds. The smallest absolute Gasteiger partial charge is 0.408 e. The molecule has 8 nitrogen and oxygen atoms in total. The number of aryl methyl sites for hydroxylation is 1. The first-order valence-corrected chi connectivity index (χ1v) is 13.7. The van der Waals surface area contributed by atoms with Gasteiger partial charge >= 0.3 is 6.09 Å². The Morgan fingerprint density at radius 1 is 1.05 bits per heavy atom. The van der Waals surface area contributed by atoms with Crippen LogP contribution in [-0.4, -0.2) is 57.6 Å². The lowest BCUT2D eigenvalue weighted by Gasteiger charge is -2.37. The number of carbonyl (C=O) groups is 3. The maximum absolute atomic E-state index is 14.0. The predicted molar refractivity (Wildman–Crippen MR) is 149 cm³/mol. The number of thioether (sulfide) groups is 1. The zero-order valence-electron chi connectivity index (χ0n) is 22.7. The molecule has 0 bridgehead atoms. The van der Waals surface area contributed by atoms with Gasteiger partial charge in [-0.2, -0.15) is 11.8 Å². The molecule has 2 atom stereocenters. The third-order valence-corrected chi connectivity index (χ3v) is 6.22. The second-order valence-electron chi connectivity index (χ2n) is 10.1. The fourth-order valence-electron chi connectivity index (χ4n) is 3.85. The van der Waals surface area contributed by atoms with Gasteiger partial charge in [-0.05, 0) is 77.7 Å². The highest BCUT2D eigenvalue weighted by Gasteiger charge is 2.38. The van der Waals surface area contributed by atoms with Gasteiger partial charge in [0.2, 0.25) is 5.91 Å². The number of rotatable bonds is 10. The molecular formula is C28H39N3O5S. The van der Waals surface area contributed by atoms with E-state index in [-0.39, 0.29) is 11.3 Å². The standard InChI is InChI=1S/C28H39N3O5S/c1-18(2)31(26(34)22(16-17-37-7)30-27(35)36-28(4,5)6)24(20-13-9-11-15-23(20)32)25(33)29-21-14-10-8-12-19(21)3/h8-15,18,22,24,32H,16-17H2,1-7H3,(H,29,33)(H,30,35). The first-order chi connectivity index (χ1) is 17.4. The van der Waals surface area contributed by atoms with Crippen LogP contribution in [0.2, 0.25) is 0 Å². The van der Waals surface area contributed by atoms with E-state index in [9.17, 15) is 19.5 Å². The van der Waals surface area contributed by atoms with E-state index in [1.54, 1.807) is 70.6 Å². The van der Waals surface area contributed by atoms with Gasteiger partial charge in [-0.25, -0.2) is 4.79 Å². The Hall–Kier alpha value is -3.20. The summed E-state index contributed by atoms with van der Waals surface area (Å²) in [6, 6.07) is 11.3. The van der Waals surface area contributed by atoms with Gasteiger partial charge in [-0.1, -0.05) is 36.4 Å². The van der Waals surface area contributed by atoms with Crippen molar-refractivity contribution in [2.75, 3.05) is 17.3 Å². The highest BCUT2D eigenvalue weighted by molar-refractivity contribution is 7.98. The third kappa shape index (κ3) is 8.70. The Morgan fingerprint density at radius 2 is 1.68 bits per heavy atom. The number of carbonyl (C=O) groups excluding carboxylic acids is 3. The van der Waals surface area contributed by atoms with Crippen LogP contribution >= 0.6 is 11.8 Å². The van der Waals surface area contributed by atoms with Crippen molar-refractivity contribution in [1.82, 2.24) is 10.2 Å². The Labute approximate surface area is 224 Å². The van der Waals surface area contributed by atoms with Crippen molar-refractivity contribution in [2.45, 2.75) is 71.7 Å². The van der Waals surface area contributed by atoms with Crippen LogP contribution in [-0.2, 0) is 14.3 Å². The molecule has 0 aromatic heterocycles. The summed E-state index contributed by atoms with van der Waals surface area (Å²) in [6.07, 6.45) is 1.55. The van der Waals surface area contributed by atoms with Gasteiger partial charge in [-0.3, -0.25) is 9.59 Å². The van der Waals surface area contributed by atoms with Crippen LogP contribution in [0.15, 0.2) is 48.5 Å². The Balaban J connectivity index is 2.52. The largest absolute Gasteiger partial charge is 0.508 e. The predicted octanol–water partition coefficient (Wildman–Crippen LogP) is 5.26. The fraction of sp³-hybridized carbons (Fsp3) is 0.464. The molecule has 0 fully saturated rings. The molecule has 37 heavy (non-hydrogen) atoms. The van der Waals surface area contributed by atoms with E-state index in [0.717, 1.165) is 5.56 Å². The lowest BCUT2D eigenvalue weighted by atomic mass is 9.99. The average Bonchev–Trinajstić information content (AvgIpc) is 2.80. The molecule has 2 aromatic rings. The van der Waals surface area contributed by atoms with Crippen LogP contribution in [0.3, 0.4) is 0 Å². The molecule has 3 N–H and O–H groups in total. The van der Waals surface area contributed by atoms with Gasteiger partial charge in [0.05, 0.1) is 0 Å². The van der Waals surface area contributed by atoms with Gasteiger partial charge in [0.15, 0.2) is 0 Å². The highest BCUT2D eigenvalue weighted by Crippen LogP contribution is 2.32. The molecular weight excluding hydrogens is 490 g/mol. The maximum atomic E-state index is 14.0. The monoisotopic (exact) mass is 529 g/mol. The van der Waals surface area contributed by atoms with E-state index in [1.807, 2.05) is 31.4 Å². The van der Waals surface area contributed by atoms with E-state index in [4.69, 9.17) is 4.74 Å². The van der Waals surface area contributed by atoms with Crippen molar-refractivity contribution < 1.29 is 24.2 Å². The number of aromatic hydroxyl groups is 1. The molecule has 0 saturated heterocycles. The molecule has 9 heteroatoms. The molecule has 0 radical (unpaired) electrons. The van der Waals surface area contributed by atoms with Crippen LogP contribution in [0, 0.1) is 6.92 Å². The van der Waals surface area contributed by atoms with Gasteiger partial charge < -0.3 is 25.4 Å². The molecule has 202 valence electrons. The number of alkyl carbamates (subject to hydrolysis) is 1. The fourth-order valence-corrected chi connectivity index (χ4v) is 4.32. The zero-order valence-corrected chi connectivity index (χ0v) is 23.5. The topological polar surface area (TPSA) is 108 Å². The number of phenols is 1. The quantitative estimate of drug-likeness (QED) is 0.387. The molecule has 0 spiro atoms. The summed E-state index contributed by atoms with van der Waals surface area (Å²) < 4.78 is 5.40. The van der Waals surface area contributed by atoms with Crippen molar-refractivity contribution >= 4 is 35.4 Å². The minimum absolute atomic E-state index is 0.105. The Morgan fingerprint density at radius 3 is 2.24 bits per heavy atom. The summed E-state index contributed by atoms with van der Waals surface area (Å²) in [5.41, 5.74) is 1.02. The van der Waals surface area contributed by atoms with Crippen LogP contribution in [0.5, 0.6) is 5.75 Å². The second-order valence-corrected chi connectivity index (χ2v) is 11.1. The third-order valence-electron chi connectivity index (χ3n) is 5.57. The molecule has 2 rings (SSSR count). The molecule has 0 heterocycles. The summed E-state index contributed by atoms with van der Waals surface area (Å²) >= 11 is 1.54. The van der Waals surface area contributed by atoms with Crippen molar-refractivity contribution in [3.63, 3.8) is 0 Å². The van der Waals surface area contributed by atoms with Crippen LogP contribution in [0.4, 0.5) is 10.5 Å². The summed E-state index contributed by atoms with van der Waals surface area (Å²) in [7, 11) is 0. The lowest BCUT2D eigenvalue weighted by Crippen LogP contribution is -2.54. The molecule has 0 aliphatic heterocycles. The van der Waals surface area contributed by atoms with E-state index < -0.39 is 41.6 Å². The number of amides is 3. The van der Waals surface area contributed by atoms with Crippen LogP contribution < -0.4 is 10.6 Å². The average molecular weight is 530 g/mol. The summed E-state index contributed by atoms with van der Waals surface area (Å²) in [4.78, 5) is 41.8. The number of nitrogens with one attached hydrogen (secondary N) is 2. The first-order valence-electron chi connectivity index (χ1n) is 12.3. The molecule has 0 aliphatic carbocycles. The van der Waals surface area contributed by atoms with E-state index >= 15 is 0 Å². The lowest BCUT2D eigenvalue weighted by molar-refractivity contribution is -0.143. The van der Waals surface area contributed by atoms with Crippen molar-refractivity contribution in [3.05, 3.63) is 59.7 Å². The number of anilines is 1. The molecule has 0 saturated carbocycles. The number of hydrogen-bond acceptors (Lipinski definition) is 6. The minimum Gasteiger partial charge on any atom is -0.508 e. The van der Waals surface area contributed by atoms with Gasteiger partial charge in [-0.15, -0.1) is 0 Å². The molecule has 0 aliphatic rings. The molecule has 2 unspecified atom stereocenters. The Kier molecular flexibility index (Phi) is 10.9. The second kappa shape index (κ2) is 13.4. The molecule has 2 aromatic carbocycles. The number of para-hydroxylation sites is 2. The van der Waals surface area contributed by atoms with E-state index in [2.05, 4.69) is 10.6 Å². The van der Waals surface area contributed by atoms with Crippen LogP contribution in [0.1, 0.15) is 58.2 Å². The number of phenolic OH excluding ortho intramolecular Hbond substituents is 1. The normalized spacial score (nSPS) is 13.0. The van der Waals surface area contributed by atoms with Crippen molar-refractivity contribution in [2.24, 2.45) is 0 Å². The highest BCUT2D eigenvalue weighted by atomic mass is 32.2.